The molecule has 0 aromatic carbocycles. The Bertz CT molecular complexity index is 354. The van der Waals surface area contributed by atoms with Crippen molar-refractivity contribution in [1.29, 1.82) is 0 Å². The number of rotatable bonds is 21. The molecule has 0 aromatic heterocycles. The minimum absolute atomic E-state index is 0.241. The zero-order chi connectivity index (χ0) is 21.1. The number of hydrogen-bond donors (Lipinski definition) is 1. The molecule has 0 amide bonds. The normalized spacial score (nSPS) is 13.0. The van der Waals surface area contributed by atoms with Crippen molar-refractivity contribution in [3.63, 3.8) is 0 Å². The van der Waals surface area contributed by atoms with E-state index in [1.54, 1.807) is 0 Å². The quantitative estimate of drug-likeness (QED) is 0.160. The third-order valence-electron chi connectivity index (χ3n) is 6.30. The molecule has 3 nitrogen and oxygen atoms in total. The Morgan fingerprint density at radius 3 is 1.39 bits per heavy atom. The highest BCUT2D eigenvalue weighted by Gasteiger charge is 2.33. The third-order valence-corrected chi connectivity index (χ3v) is 6.30. The lowest BCUT2D eigenvalue weighted by Gasteiger charge is -2.35. The molecule has 1 unspecified atom stereocenters. The molecule has 0 heterocycles. The maximum absolute atomic E-state index is 11.8. The average molecular weight is 399 g/mol. The van der Waals surface area contributed by atoms with Gasteiger partial charge < -0.3 is 9.59 Å². The van der Waals surface area contributed by atoms with Crippen molar-refractivity contribution in [1.82, 2.24) is 0 Å². The fourth-order valence-corrected chi connectivity index (χ4v) is 4.23. The highest BCUT2D eigenvalue weighted by Crippen LogP contribution is 2.19. The van der Waals surface area contributed by atoms with Gasteiger partial charge in [-0.05, 0) is 19.3 Å². The Balaban J connectivity index is 3.87. The van der Waals surface area contributed by atoms with E-state index in [-0.39, 0.29) is 6.04 Å². The number of likely N-dealkylation sites (N-methyl/N-ethyl adjacent to an activating group) is 1. The highest BCUT2D eigenvalue weighted by atomic mass is 16.4. The van der Waals surface area contributed by atoms with Gasteiger partial charge in [0, 0.05) is 6.42 Å². The second kappa shape index (κ2) is 18.5. The lowest BCUT2D eigenvalue weighted by molar-refractivity contribution is -0.907. The van der Waals surface area contributed by atoms with Crippen molar-refractivity contribution in [3.05, 3.63) is 0 Å². The zero-order valence-corrected chi connectivity index (χ0v) is 19.8. The second-order valence-corrected chi connectivity index (χ2v) is 9.45. The van der Waals surface area contributed by atoms with Crippen LogP contribution < -0.4 is 0 Å². The summed E-state index contributed by atoms with van der Waals surface area (Å²) in [4.78, 5) is 11.8. The van der Waals surface area contributed by atoms with E-state index in [1.807, 2.05) is 0 Å². The molecule has 0 aliphatic heterocycles. The molecule has 3 heteroatoms. The molecule has 0 aliphatic rings. The van der Waals surface area contributed by atoms with Crippen LogP contribution in [0.3, 0.4) is 0 Å². The monoisotopic (exact) mass is 398 g/mol. The highest BCUT2D eigenvalue weighted by molar-refractivity contribution is 5.72. The summed E-state index contributed by atoms with van der Waals surface area (Å²) in [5.74, 6) is -0.608. The lowest BCUT2D eigenvalue weighted by Crippen LogP contribution is -2.53. The van der Waals surface area contributed by atoms with Crippen molar-refractivity contribution in [2.24, 2.45) is 0 Å². The van der Waals surface area contributed by atoms with E-state index in [2.05, 4.69) is 27.9 Å². The summed E-state index contributed by atoms with van der Waals surface area (Å²) in [6.45, 7) is 5.50. The molecule has 0 saturated carbocycles. The zero-order valence-electron chi connectivity index (χ0n) is 19.8. The van der Waals surface area contributed by atoms with Crippen molar-refractivity contribution in [3.8, 4) is 0 Å². The molecule has 1 atom stereocenters. The van der Waals surface area contributed by atoms with Gasteiger partial charge in [-0.15, -0.1) is 0 Å². The molecular formula is C25H52NO2+. The van der Waals surface area contributed by atoms with E-state index < -0.39 is 5.97 Å². The molecule has 1 N–H and O–H groups in total. The maximum Gasteiger partial charge on any atom is 0.362 e. The molecular weight excluding hydrogens is 346 g/mol. The molecule has 168 valence electrons. The Labute approximate surface area is 176 Å². The standard InChI is InChI=1S/C25H51NO2/c1-5-7-9-11-13-14-15-17-19-21-23-26(3,4)24(25(27)28)22-20-18-16-12-10-8-6-2/h24H,5-23H2,1-4H3/p+1. The van der Waals surface area contributed by atoms with Gasteiger partial charge in [-0.25, -0.2) is 4.79 Å². The van der Waals surface area contributed by atoms with Crippen molar-refractivity contribution in [2.75, 3.05) is 20.6 Å². The van der Waals surface area contributed by atoms with Gasteiger partial charge in [0.25, 0.3) is 0 Å². The molecule has 0 spiro atoms. The van der Waals surface area contributed by atoms with Crippen LogP contribution in [0.1, 0.15) is 129 Å². The fourth-order valence-electron chi connectivity index (χ4n) is 4.23. The van der Waals surface area contributed by atoms with E-state index in [4.69, 9.17) is 0 Å². The number of hydrogen-bond acceptors (Lipinski definition) is 1. The molecule has 0 fully saturated rings. The van der Waals surface area contributed by atoms with Gasteiger partial charge in [0.2, 0.25) is 0 Å². The van der Waals surface area contributed by atoms with Crippen LogP contribution in [-0.2, 0) is 4.79 Å². The number of carboxylic acid groups (broad SMARTS) is 1. The van der Waals surface area contributed by atoms with Gasteiger partial charge in [0.15, 0.2) is 6.04 Å². The fraction of sp³-hybridized carbons (Fsp3) is 0.960. The first-order valence-electron chi connectivity index (χ1n) is 12.5. The predicted molar refractivity (Wildman–Crippen MR) is 123 cm³/mol. The van der Waals surface area contributed by atoms with Crippen LogP contribution >= 0.6 is 0 Å². The van der Waals surface area contributed by atoms with Gasteiger partial charge in [-0.3, -0.25) is 0 Å². The van der Waals surface area contributed by atoms with Crippen LogP contribution in [0.5, 0.6) is 0 Å². The number of quaternary nitrogens is 1. The topological polar surface area (TPSA) is 37.3 Å². The summed E-state index contributed by atoms with van der Waals surface area (Å²) >= 11 is 0. The van der Waals surface area contributed by atoms with Crippen LogP contribution in [0.4, 0.5) is 0 Å². The minimum atomic E-state index is -0.608. The molecule has 0 bridgehead atoms. The predicted octanol–water partition coefficient (Wildman–Crippen LogP) is 7.58. The van der Waals surface area contributed by atoms with Gasteiger partial charge >= 0.3 is 5.97 Å². The largest absolute Gasteiger partial charge is 0.477 e. The Kier molecular flexibility index (Phi) is 18.1. The minimum Gasteiger partial charge on any atom is -0.477 e. The molecule has 0 aliphatic carbocycles. The second-order valence-electron chi connectivity index (χ2n) is 9.45. The van der Waals surface area contributed by atoms with E-state index in [9.17, 15) is 9.90 Å². The molecule has 0 rings (SSSR count). The molecule has 28 heavy (non-hydrogen) atoms. The van der Waals surface area contributed by atoms with Crippen LogP contribution in [0, 0.1) is 0 Å². The summed E-state index contributed by atoms with van der Waals surface area (Å²) in [6, 6.07) is -0.241. The number of carbonyl (C=O) groups is 1. The Hall–Kier alpha value is -0.570. The van der Waals surface area contributed by atoms with Crippen LogP contribution in [-0.4, -0.2) is 42.2 Å². The van der Waals surface area contributed by atoms with Crippen molar-refractivity contribution < 1.29 is 14.4 Å². The van der Waals surface area contributed by atoms with Gasteiger partial charge in [0.05, 0.1) is 20.6 Å². The summed E-state index contributed by atoms with van der Waals surface area (Å²) < 4.78 is 0.641. The van der Waals surface area contributed by atoms with Crippen molar-refractivity contribution >= 4 is 5.97 Å². The van der Waals surface area contributed by atoms with Gasteiger partial charge in [-0.2, -0.15) is 0 Å². The third kappa shape index (κ3) is 15.4. The number of unbranched alkanes of at least 4 members (excludes halogenated alkanes) is 15. The number of nitrogens with zero attached hydrogens (tertiary/aromatic N) is 1. The van der Waals surface area contributed by atoms with E-state index in [0.717, 1.165) is 25.8 Å². The van der Waals surface area contributed by atoms with Crippen molar-refractivity contribution in [2.45, 2.75) is 135 Å². The average Bonchev–Trinajstić information content (AvgIpc) is 2.65. The molecule has 0 saturated heterocycles. The van der Waals surface area contributed by atoms with Gasteiger partial charge in [-0.1, -0.05) is 104 Å². The summed E-state index contributed by atoms with van der Waals surface area (Å²) in [5, 5.41) is 9.73. The first kappa shape index (κ1) is 27.4. The first-order valence-corrected chi connectivity index (χ1v) is 12.5. The van der Waals surface area contributed by atoms with E-state index >= 15 is 0 Å². The summed E-state index contributed by atoms with van der Waals surface area (Å²) in [6.07, 6.45) is 22.9. The SMILES string of the molecule is CCCCCCCCCCCC[N+](C)(C)C(CCCCCCCCC)C(=O)O. The van der Waals surface area contributed by atoms with Gasteiger partial charge in [0.1, 0.15) is 0 Å². The lowest BCUT2D eigenvalue weighted by atomic mass is 10.0. The first-order chi connectivity index (χ1) is 13.5. The smallest absolute Gasteiger partial charge is 0.362 e. The summed E-state index contributed by atoms with van der Waals surface area (Å²) in [7, 11) is 4.24. The maximum atomic E-state index is 11.8. The number of aliphatic carboxylic acids is 1. The molecule has 0 aromatic rings. The van der Waals surface area contributed by atoms with Crippen LogP contribution in [0.25, 0.3) is 0 Å². The summed E-state index contributed by atoms with van der Waals surface area (Å²) in [5.41, 5.74) is 0. The Morgan fingerprint density at radius 2 is 1.00 bits per heavy atom. The van der Waals surface area contributed by atoms with Crippen LogP contribution in [0.15, 0.2) is 0 Å². The number of carboxylic acids is 1. The van der Waals surface area contributed by atoms with E-state index in [1.165, 1.54) is 96.3 Å². The van der Waals surface area contributed by atoms with Crippen LogP contribution in [0.2, 0.25) is 0 Å². The molecule has 0 radical (unpaired) electrons. The van der Waals surface area contributed by atoms with E-state index in [0.29, 0.717) is 4.48 Å². The Morgan fingerprint density at radius 1 is 0.643 bits per heavy atom.